The van der Waals surface area contributed by atoms with Gasteiger partial charge in [0.25, 0.3) is 0 Å². The molecule has 0 aliphatic heterocycles. The van der Waals surface area contributed by atoms with Gasteiger partial charge in [0.15, 0.2) is 0 Å². The van der Waals surface area contributed by atoms with E-state index in [0.717, 1.165) is 12.0 Å². The van der Waals surface area contributed by atoms with E-state index in [1.165, 1.54) is 6.07 Å². The van der Waals surface area contributed by atoms with E-state index in [-0.39, 0.29) is 5.41 Å². The molecule has 1 aromatic carbocycles. The first-order valence-corrected chi connectivity index (χ1v) is 6.32. The number of hydrogen-bond donors (Lipinski definition) is 0. The van der Waals surface area contributed by atoms with E-state index in [9.17, 15) is 13.2 Å². The van der Waals surface area contributed by atoms with Crippen molar-refractivity contribution in [3.63, 3.8) is 0 Å². The summed E-state index contributed by atoms with van der Waals surface area (Å²) in [6.45, 7) is 7.99. The summed E-state index contributed by atoms with van der Waals surface area (Å²) in [4.78, 5) is 0. The molecule has 0 fully saturated rings. The Hall–Kier alpha value is -0.990. The number of benzene rings is 1. The van der Waals surface area contributed by atoms with Gasteiger partial charge in [0, 0.05) is 0 Å². The first kappa shape index (κ1) is 15.1. The van der Waals surface area contributed by atoms with Gasteiger partial charge in [-0.2, -0.15) is 13.2 Å². The Morgan fingerprint density at radius 3 is 2.11 bits per heavy atom. The second-order valence-electron chi connectivity index (χ2n) is 5.90. The quantitative estimate of drug-likeness (QED) is 0.695. The fourth-order valence-corrected chi connectivity index (χ4v) is 1.84. The van der Waals surface area contributed by atoms with Crippen molar-refractivity contribution < 1.29 is 13.2 Å². The molecule has 0 bridgehead atoms. The summed E-state index contributed by atoms with van der Waals surface area (Å²) in [5.41, 5.74) is 0.731. The van der Waals surface area contributed by atoms with Gasteiger partial charge in [0.1, 0.15) is 0 Å². The summed E-state index contributed by atoms with van der Waals surface area (Å²) in [6.07, 6.45) is -2.40. The van der Waals surface area contributed by atoms with E-state index in [1.54, 1.807) is 12.1 Å². The predicted octanol–water partition coefficient (Wildman–Crippen LogP) is 5.25. The zero-order valence-electron chi connectivity index (χ0n) is 11.5. The van der Waals surface area contributed by atoms with Crippen LogP contribution in [0.3, 0.4) is 0 Å². The van der Waals surface area contributed by atoms with Crippen molar-refractivity contribution in [1.82, 2.24) is 0 Å². The van der Waals surface area contributed by atoms with Crippen LogP contribution in [0.1, 0.15) is 50.8 Å². The van der Waals surface area contributed by atoms with Crippen LogP contribution in [-0.4, -0.2) is 0 Å². The zero-order valence-corrected chi connectivity index (χ0v) is 11.5. The Morgan fingerprint density at radius 1 is 1.06 bits per heavy atom. The van der Waals surface area contributed by atoms with Crippen LogP contribution in [0.25, 0.3) is 0 Å². The molecule has 0 saturated carbocycles. The lowest BCUT2D eigenvalue weighted by molar-refractivity contribution is -0.138. The Labute approximate surface area is 107 Å². The largest absolute Gasteiger partial charge is 0.416 e. The van der Waals surface area contributed by atoms with Crippen LogP contribution in [0.4, 0.5) is 13.2 Å². The lowest BCUT2D eigenvalue weighted by Gasteiger charge is -2.20. The second-order valence-corrected chi connectivity index (χ2v) is 5.90. The molecule has 0 nitrogen and oxygen atoms in total. The summed E-state index contributed by atoms with van der Waals surface area (Å²) in [7, 11) is 0. The minimum Gasteiger partial charge on any atom is -0.166 e. The van der Waals surface area contributed by atoms with Crippen LogP contribution >= 0.6 is 0 Å². The first-order chi connectivity index (χ1) is 8.13. The van der Waals surface area contributed by atoms with Crippen molar-refractivity contribution in [2.45, 2.75) is 53.1 Å². The van der Waals surface area contributed by atoms with Crippen LogP contribution in [-0.2, 0) is 19.0 Å². The molecule has 1 rings (SSSR count). The third kappa shape index (κ3) is 4.35. The molecule has 0 aliphatic carbocycles. The Morgan fingerprint density at radius 2 is 1.67 bits per heavy atom. The molecular weight excluding hydrogens is 237 g/mol. The SMILES string of the molecule is CCc1ccc(CCC(C)(C)C)c(C(F)(F)F)c1. The molecular formula is C15H21F3. The predicted molar refractivity (Wildman–Crippen MR) is 68.6 cm³/mol. The molecule has 0 aromatic heterocycles. The molecule has 3 heteroatoms. The molecule has 1 aromatic rings. The van der Waals surface area contributed by atoms with Crippen molar-refractivity contribution in [3.8, 4) is 0 Å². The number of rotatable bonds is 3. The van der Waals surface area contributed by atoms with Gasteiger partial charge in [0.2, 0.25) is 0 Å². The van der Waals surface area contributed by atoms with E-state index < -0.39 is 11.7 Å². The first-order valence-electron chi connectivity index (χ1n) is 6.32. The molecule has 0 aliphatic rings. The minimum absolute atomic E-state index is 0.0479. The average Bonchev–Trinajstić information content (AvgIpc) is 2.24. The van der Waals surface area contributed by atoms with Crippen molar-refractivity contribution in [2.75, 3.05) is 0 Å². The van der Waals surface area contributed by atoms with Crippen molar-refractivity contribution in [1.29, 1.82) is 0 Å². The lowest BCUT2D eigenvalue weighted by Crippen LogP contribution is -2.13. The average molecular weight is 258 g/mol. The van der Waals surface area contributed by atoms with Crippen molar-refractivity contribution in [2.24, 2.45) is 5.41 Å². The molecule has 18 heavy (non-hydrogen) atoms. The number of aryl methyl sites for hydroxylation is 2. The van der Waals surface area contributed by atoms with E-state index >= 15 is 0 Å². The maximum Gasteiger partial charge on any atom is 0.416 e. The highest BCUT2D eigenvalue weighted by Crippen LogP contribution is 2.34. The van der Waals surface area contributed by atoms with Gasteiger partial charge in [-0.1, -0.05) is 39.8 Å². The molecule has 102 valence electrons. The maximum absolute atomic E-state index is 13.0. The van der Waals surface area contributed by atoms with Crippen molar-refractivity contribution in [3.05, 3.63) is 34.9 Å². The zero-order chi connectivity index (χ0) is 14.0. The molecule has 0 N–H and O–H groups in total. The highest BCUT2D eigenvalue weighted by molar-refractivity contribution is 5.34. The van der Waals surface area contributed by atoms with Crippen LogP contribution in [0, 0.1) is 5.41 Å². The maximum atomic E-state index is 13.0. The molecule has 0 unspecified atom stereocenters. The second kappa shape index (κ2) is 5.33. The molecule has 0 heterocycles. The van der Waals surface area contributed by atoms with Crippen LogP contribution < -0.4 is 0 Å². The summed E-state index contributed by atoms with van der Waals surface area (Å²) in [6, 6.07) is 4.72. The number of halogens is 3. The number of hydrogen-bond acceptors (Lipinski definition) is 0. The Kier molecular flexibility index (Phi) is 4.46. The van der Waals surface area contributed by atoms with Crippen molar-refractivity contribution >= 4 is 0 Å². The van der Waals surface area contributed by atoms with Gasteiger partial charge in [-0.15, -0.1) is 0 Å². The Balaban J connectivity index is 3.03. The van der Waals surface area contributed by atoms with E-state index in [1.807, 2.05) is 27.7 Å². The van der Waals surface area contributed by atoms with Gasteiger partial charge in [0.05, 0.1) is 5.56 Å². The van der Waals surface area contributed by atoms with Crippen LogP contribution in [0.15, 0.2) is 18.2 Å². The normalized spacial score (nSPS) is 12.8. The molecule has 0 atom stereocenters. The van der Waals surface area contributed by atoms with Gasteiger partial charge in [-0.05, 0) is 41.9 Å². The molecule has 0 saturated heterocycles. The molecule has 0 radical (unpaired) electrons. The fourth-order valence-electron chi connectivity index (χ4n) is 1.84. The molecule has 0 amide bonds. The minimum atomic E-state index is -4.25. The van der Waals surface area contributed by atoms with Gasteiger partial charge in [-0.3, -0.25) is 0 Å². The van der Waals surface area contributed by atoms with Crippen LogP contribution in [0.5, 0.6) is 0 Å². The highest BCUT2D eigenvalue weighted by atomic mass is 19.4. The highest BCUT2D eigenvalue weighted by Gasteiger charge is 2.33. The topological polar surface area (TPSA) is 0 Å². The summed E-state index contributed by atoms with van der Waals surface area (Å²) in [5.74, 6) is 0. The summed E-state index contributed by atoms with van der Waals surface area (Å²) in [5, 5.41) is 0. The lowest BCUT2D eigenvalue weighted by atomic mass is 9.87. The van der Waals surface area contributed by atoms with Gasteiger partial charge in [-0.25, -0.2) is 0 Å². The fraction of sp³-hybridized carbons (Fsp3) is 0.600. The third-order valence-electron chi connectivity index (χ3n) is 3.03. The summed E-state index contributed by atoms with van der Waals surface area (Å²) >= 11 is 0. The standard InChI is InChI=1S/C15H21F3/c1-5-11-6-7-12(8-9-14(2,3)4)13(10-11)15(16,17)18/h6-7,10H,5,8-9H2,1-4H3. The monoisotopic (exact) mass is 258 g/mol. The number of alkyl halides is 3. The van der Waals surface area contributed by atoms with Gasteiger partial charge >= 0.3 is 6.18 Å². The summed E-state index contributed by atoms with van der Waals surface area (Å²) < 4.78 is 39.0. The van der Waals surface area contributed by atoms with E-state index in [0.29, 0.717) is 18.4 Å². The third-order valence-corrected chi connectivity index (χ3v) is 3.03. The van der Waals surface area contributed by atoms with Crippen LogP contribution in [0.2, 0.25) is 0 Å². The van der Waals surface area contributed by atoms with E-state index in [4.69, 9.17) is 0 Å². The molecule has 0 spiro atoms. The van der Waals surface area contributed by atoms with E-state index in [2.05, 4.69) is 0 Å². The van der Waals surface area contributed by atoms with Gasteiger partial charge < -0.3 is 0 Å². The Bertz CT molecular complexity index is 397. The smallest absolute Gasteiger partial charge is 0.166 e.